The van der Waals surface area contributed by atoms with Gasteiger partial charge in [0, 0.05) is 28.5 Å². The highest BCUT2D eigenvalue weighted by atomic mass is 16.1. The number of benzene rings is 2. The number of nitrogens with two attached hydrogens (primary N) is 1. The first kappa shape index (κ1) is 15.6. The van der Waals surface area contributed by atoms with Crippen molar-refractivity contribution < 1.29 is 9.59 Å². The number of ketones is 2. The van der Waals surface area contributed by atoms with E-state index in [2.05, 4.69) is 17.2 Å². The van der Waals surface area contributed by atoms with Gasteiger partial charge in [0.15, 0.2) is 5.78 Å². The third-order valence-electron chi connectivity index (χ3n) is 3.76. The molecule has 0 spiro atoms. The molecular formula is C20H16N2O2. The van der Waals surface area contributed by atoms with Crippen molar-refractivity contribution in [2.24, 2.45) is 0 Å². The molecule has 4 heteroatoms. The quantitative estimate of drug-likeness (QED) is 0.659. The van der Waals surface area contributed by atoms with E-state index < -0.39 is 0 Å². The second-order valence-corrected chi connectivity index (χ2v) is 5.54. The summed E-state index contributed by atoms with van der Waals surface area (Å²) in [7, 11) is 0. The number of Topliss-reactive ketones (excluding diaryl/α,β-unsaturated/α-hetero) is 1. The van der Waals surface area contributed by atoms with Crippen LogP contribution in [0.4, 0.5) is 5.69 Å². The zero-order valence-corrected chi connectivity index (χ0v) is 13.2. The predicted molar refractivity (Wildman–Crippen MR) is 93.7 cm³/mol. The fourth-order valence-electron chi connectivity index (χ4n) is 2.50. The Balaban J connectivity index is 1.73. The van der Waals surface area contributed by atoms with Crippen LogP contribution in [0.3, 0.4) is 0 Å². The van der Waals surface area contributed by atoms with E-state index in [0.717, 1.165) is 11.1 Å². The maximum atomic E-state index is 12.4. The van der Waals surface area contributed by atoms with Crippen molar-refractivity contribution in [2.45, 2.75) is 6.92 Å². The Morgan fingerprint density at radius 1 is 1.08 bits per heavy atom. The van der Waals surface area contributed by atoms with Gasteiger partial charge in [-0.15, -0.1) is 0 Å². The largest absolute Gasteiger partial charge is 0.398 e. The minimum absolute atomic E-state index is 0.177. The van der Waals surface area contributed by atoms with E-state index in [1.165, 1.54) is 6.08 Å². The van der Waals surface area contributed by atoms with E-state index in [1.807, 2.05) is 25.1 Å². The van der Waals surface area contributed by atoms with E-state index in [-0.39, 0.29) is 23.8 Å². The Hall–Kier alpha value is -3.32. The molecule has 1 aliphatic carbocycles. The lowest BCUT2D eigenvalue weighted by atomic mass is 9.93. The monoisotopic (exact) mass is 316 g/mol. The van der Waals surface area contributed by atoms with E-state index >= 15 is 0 Å². The Kier molecular flexibility index (Phi) is 4.17. The summed E-state index contributed by atoms with van der Waals surface area (Å²) in [6, 6.07) is 12.4. The third kappa shape index (κ3) is 3.06. The fourth-order valence-corrected chi connectivity index (χ4v) is 2.50. The second kappa shape index (κ2) is 6.43. The van der Waals surface area contributed by atoms with Gasteiger partial charge < -0.3 is 11.1 Å². The number of carbonyl (C=O) groups is 2. The lowest BCUT2D eigenvalue weighted by molar-refractivity contribution is 0.0979. The van der Waals surface area contributed by atoms with Crippen molar-refractivity contribution in [3.05, 3.63) is 76.5 Å². The first-order valence-electron chi connectivity index (χ1n) is 7.55. The van der Waals surface area contributed by atoms with Crippen molar-refractivity contribution in [2.75, 3.05) is 12.3 Å². The van der Waals surface area contributed by atoms with Crippen molar-refractivity contribution in [3.63, 3.8) is 0 Å². The number of carbonyl (C=O) groups excluding carboxylic acids is 2. The highest BCUT2D eigenvalue weighted by molar-refractivity contribution is 6.24. The number of hydrogen-bond donors (Lipinski definition) is 2. The van der Waals surface area contributed by atoms with E-state index in [4.69, 9.17) is 5.73 Å². The molecule has 1 aliphatic rings. The number of anilines is 1. The Labute approximate surface area is 140 Å². The maximum Gasteiger partial charge on any atom is 0.209 e. The zero-order chi connectivity index (χ0) is 17.1. The van der Waals surface area contributed by atoms with Crippen molar-refractivity contribution in [1.82, 2.24) is 5.32 Å². The molecule has 0 bridgehead atoms. The van der Waals surface area contributed by atoms with Crippen LogP contribution in [0, 0.1) is 18.8 Å². The van der Waals surface area contributed by atoms with Gasteiger partial charge >= 0.3 is 0 Å². The number of hydrogen-bond acceptors (Lipinski definition) is 4. The van der Waals surface area contributed by atoms with Gasteiger partial charge in [0.1, 0.15) is 0 Å². The van der Waals surface area contributed by atoms with Crippen LogP contribution in [0.5, 0.6) is 0 Å². The molecule has 0 amide bonds. The van der Waals surface area contributed by atoms with Crippen LogP contribution in [0.25, 0.3) is 0 Å². The molecule has 0 radical (unpaired) electrons. The Morgan fingerprint density at radius 2 is 1.83 bits per heavy atom. The summed E-state index contributed by atoms with van der Waals surface area (Å²) in [6.07, 6.45) is 1.33. The topological polar surface area (TPSA) is 72.2 Å². The lowest BCUT2D eigenvalue weighted by Gasteiger charge is -2.15. The van der Waals surface area contributed by atoms with E-state index in [0.29, 0.717) is 16.8 Å². The molecule has 0 atom stereocenters. The molecule has 0 saturated heterocycles. The number of nitrogens with one attached hydrogen (secondary N) is 1. The molecule has 0 aromatic heterocycles. The lowest BCUT2D eigenvalue weighted by Crippen LogP contribution is -2.27. The minimum atomic E-state index is -0.193. The second-order valence-electron chi connectivity index (χ2n) is 5.54. The average Bonchev–Trinajstić information content (AvgIpc) is 2.59. The van der Waals surface area contributed by atoms with Gasteiger partial charge in [0.2, 0.25) is 5.78 Å². The molecule has 2 aromatic rings. The van der Waals surface area contributed by atoms with Crippen LogP contribution in [0.15, 0.2) is 54.2 Å². The molecular weight excluding hydrogens is 300 g/mol. The van der Waals surface area contributed by atoms with Crippen LogP contribution in [0.2, 0.25) is 0 Å². The molecule has 3 rings (SSSR count). The summed E-state index contributed by atoms with van der Waals surface area (Å²) >= 11 is 0. The highest BCUT2D eigenvalue weighted by Gasteiger charge is 2.24. The van der Waals surface area contributed by atoms with Crippen LogP contribution in [0.1, 0.15) is 31.8 Å². The third-order valence-corrected chi connectivity index (χ3v) is 3.76. The molecule has 0 fully saturated rings. The summed E-state index contributed by atoms with van der Waals surface area (Å²) in [6.45, 7) is 2.22. The normalized spacial score (nSPS) is 12.8. The van der Waals surface area contributed by atoms with Gasteiger partial charge in [0.25, 0.3) is 0 Å². The summed E-state index contributed by atoms with van der Waals surface area (Å²) in [5, 5.41) is 2.92. The predicted octanol–water partition coefficient (Wildman–Crippen LogP) is 2.48. The van der Waals surface area contributed by atoms with Crippen LogP contribution >= 0.6 is 0 Å². The molecule has 0 unspecified atom stereocenters. The Morgan fingerprint density at radius 3 is 2.62 bits per heavy atom. The molecule has 24 heavy (non-hydrogen) atoms. The first-order valence-corrected chi connectivity index (χ1v) is 7.55. The standard InChI is InChI=1S/C20H16N2O2/c1-13-8-9-17(21)14(11-13)5-4-10-22-18-12-19(23)15-6-2-3-7-16(15)20(18)24/h2-3,6-9,11-12,22H,10,21H2,1H3. The summed E-state index contributed by atoms with van der Waals surface area (Å²) in [5.41, 5.74) is 9.45. The molecule has 0 saturated carbocycles. The van der Waals surface area contributed by atoms with E-state index in [1.54, 1.807) is 24.3 Å². The fraction of sp³-hybridized carbons (Fsp3) is 0.100. The van der Waals surface area contributed by atoms with Gasteiger partial charge in [0.05, 0.1) is 12.2 Å². The molecule has 3 N–H and O–H groups in total. The number of allylic oxidation sites excluding steroid dienone is 2. The number of nitrogen functional groups attached to an aromatic ring is 1. The first-order chi connectivity index (χ1) is 11.6. The van der Waals surface area contributed by atoms with Crippen LogP contribution < -0.4 is 11.1 Å². The molecule has 0 aliphatic heterocycles. The van der Waals surface area contributed by atoms with Gasteiger partial charge in [-0.1, -0.05) is 42.2 Å². The van der Waals surface area contributed by atoms with Crippen molar-refractivity contribution in [1.29, 1.82) is 0 Å². The zero-order valence-electron chi connectivity index (χ0n) is 13.2. The number of rotatable bonds is 2. The highest BCUT2D eigenvalue weighted by Crippen LogP contribution is 2.19. The van der Waals surface area contributed by atoms with Gasteiger partial charge in [-0.3, -0.25) is 9.59 Å². The van der Waals surface area contributed by atoms with Crippen LogP contribution in [-0.4, -0.2) is 18.1 Å². The van der Waals surface area contributed by atoms with E-state index in [9.17, 15) is 9.59 Å². The SMILES string of the molecule is Cc1ccc(N)c(C#CCNC2=CC(=O)c3ccccc3C2=O)c1. The maximum absolute atomic E-state index is 12.4. The Bertz CT molecular complexity index is 930. The minimum Gasteiger partial charge on any atom is -0.398 e. The average molecular weight is 316 g/mol. The van der Waals surface area contributed by atoms with Gasteiger partial charge in [-0.25, -0.2) is 0 Å². The summed E-state index contributed by atoms with van der Waals surface area (Å²) < 4.78 is 0. The van der Waals surface area contributed by atoms with Crippen LogP contribution in [-0.2, 0) is 0 Å². The molecule has 4 nitrogen and oxygen atoms in total. The summed E-state index contributed by atoms with van der Waals surface area (Å²) in [5.74, 6) is 5.54. The number of aryl methyl sites for hydroxylation is 1. The van der Waals surface area contributed by atoms with Gasteiger partial charge in [-0.05, 0) is 24.6 Å². The summed E-state index contributed by atoms with van der Waals surface area (Å²) in [4.78, 5) is 24.4. The van der Waals surface area contributed by atoms with Gasteiger partial charge in [-0.2, -0.15) is 0 Å². The molecule has 118 valence electrons. The van der Waals surface area contributed by atoms with Crippen molar-refractivity contribution in [3.8, 4) is 11.8 Å². The molecule has 0 heterocycles. The van der Waals surface area contributed by atoms with Crippen molar-refractivity contribution >= 4 is 17.3 Å². The number of fused-ring (bicyclic) bond motifs is 1. The smallest absolute Gasteiger partial charge is 0.209 e. The molecule has 2 aromatic carbocycles.